The van der Waals surface area contributed by atoms with Crippen LogP contribution in [0.25, 0.3) is 10.8 Å². The Bertz CT molecular complexity index is 824. The number of aliphatic carboxylic acids is 1. The molecule has 26 heavy (non-hydrogen) atoms. The number of carbonyl (C=O) groups is 2. The molecule has 2 saturated heterocycles. The van der Waals surface area contributed by atoms with Crippen LogP contribution in [0.1, 0.15) is 29.6 Å². The molecule has 4 rings (SSSR count). The number of benzene rings is 1. The topological polar surface area (TPSA) is 79.7 Å². The lowest BCUT2D eigenvalue weighted by molar-refractivity contribution is -0.145. The number of carboxylic acids is 1. The van der Waals surface area contributed by atoms with Gasteiger partial charge in [0.15, 0.2) is 0 Å². The highest BCUT2D eigenvalue weighted by Gasteiger charge is 2.40. The first-order valence-corrected chi connectivity index (χ1v) is 9.11. The van der Waals surface area contributed by atoms with Gasteiger partial charge in [-0.2, -0.15) is 0 Å². The van der Waals surface area contributed by atoms with E-state index in [9.17, 15) is 14.7 Å². The largest absolute Gasteiger partial charge is 0.481 e. The highest BCUT2D eigenvalue weighted by atomic mass is 16.5. The molecule has 1 amide bonds. The number of fused-ring (bicyclic) bond motifs is 1. The van der Waals surface area contributed by atoms with Gasteiger partial charge in [-0.15, -0.1) is 0 Å². The number of piperidine rings is 1. The van der Waals surface area contributed by atoms with Crippen LogP contribution in [0.4, 0.5) is 0 Å². The molecule has 2 aliphatic heterocycles. The van der Waals surface area contributed by atoms with E-state index in [4.69, 9.17) is 4.74 Å². The third kappa shape index (κ3) is 3.05. The average Bonchev–Trinajstić information content (AvgIpc) is 3.17. The van der Waals surface area contributed by atoms with Crippen molar-refractivity contribution in [3.05, 3.63) is 42.2 Å². The van der Waals surface area contributed by atoms with Crippen LogP contribution in [0.15, 0.2) is 36.7 Å². The number of rotatable bonds is 3. The highest BCUT2D eigenvalue weighted by Crippen LogP contribution is 2.33. The lowest BCUT2D eigenvalue weighted by Crippen LogP contribution is -2.43. The van der Waals surface area contributed by atoms with Crippen LogP contribution in [0.2, 0.25) is 0 Å². The Balaban J connectivity index is 1.46. The number of carbonyl (C=O) groups excluding carboxylic acids is 1. The van der Waals surface area contributed by atoms with Crippen molar-refractivity contribution in [2.24, 2.45) is 11.8 Å². The minimum absolute atomic E-state index is 0.00475. The summed E-state index contributed by atoms with van der Waals surface area (Å²) in [5.74, 6) is -0.986. The smallest absolute Gasteiger partial charge is 0.309 e. The Morgan fingerprint density at radius 2 is 1.88 bits per heavy atom. The van der Waals surface area contributed by atoms with E-state index in [0.29, 0.717) is 31.7 Å². The number of nitrogens with zero attached hydrogens (tertiary/aromatic N) is 2. The van der Waals surface area contributed by atoms with Crippen LogP contribution in [0, 0.1) is 11.8 Å². The molecule has 1 aromatic carbocycles. The van der Waals surface area contributed by atoms with Crippen LogP contribution >= 0.6 is 0 Å². The molecule has 136 valence electrons. The normalized spacial score (nSPS) is 24.1. The summed E-state index contributed by atoms with van der Waals surface area (Å²) in [7, 11) is 0. The standard InChI is InChI=1S/C20H22N2O4/c23-19(17-12-21-11-14-3-1-2-4-15(14)17)22-8-5-13(6-9-22)18-16(20(24)25)7-10-26-18/h1-4,11-13,16,18H,5-10H2,(H,24,25)/t16?,18-/m0/s1. The lowest BCUT2D eigenvalue weighted by Gasteiger charge is -2.35. The Morgan fingerprint density at radius 3 is 2.65 bits per heavy atom. The number of ether oxygens (including phenoxy) is 1. The first-order valence-electron chi connectivity index (χ1n) is 9.11. The van der Waals surface area contributed by atoms with E-state index in [1.807, 2.05) is 29.2 Å². The third-order valence-electron chi connectivity index (χ3n) is 5.64. The third-order valence-corrected chi connectivity index (χ3v) is 5.64. The first kappa shape index (κ1) is 17.0. The van der Waals surface area contributed by atoms with E-state index in [2.05, 4.69) is 4.98 Å². The van der Waals surface area contributed by atoms with Gasteiger partial charge in [-0.1, -0.05) is 24.3 Å². The van der Waals surface area contributed by atoms with Crippen molar-refractivity contribution >= 4 is 22.6 Å². The zero-order valence-corrected chi connectivity index (χ0v) is 14.5. The van der Waals surface area contributed by atoms with Gasteiger partial charge < -0.3 is 14.7 Å². The van der Waals surface area contributed by atoms with Crippen LogP contribution < -0.4 is 0 Å². The Kier molecular flexibility index (Phi) is 4.59. The van der Waals surface area contributed by atoms with Crippen molar-refractivity contribution in [1.29, 1.82) is 0 Å². The fraction of sp³-hybridized carbons (Fsp3) is 0.450. The van der Waals surface area contributed by atoms with Crippen LogP contribution in [-0.2, 0) is 9.53 Å². The summed E-state index contributed by atoms with van der Waals surface area (Å²) in [6.45, 7) is 1.76. The van der Waals surface area contributed by atoms with Crippen LogP contribution in [-0.4, -0.2) is 52.7 Å². The van der Waals surface area contributed by atoms with E-state index >= 15 is 0 Å². The monoisotopic (exact) mass is 354 g/mol. The Morgan fingerprint density at radius 1 is 1.12 bits per heavy atom. The molecule has 0 saturated carbocycles. The quantitative estimate of drug-likeness (QED) is 0.916. The Hall–Kier alpha value is -2.47. The summed E-state index contributed by atoms with van der Waals surface area (Å²) >= 11 is 0. The number of pyridine rings is 1. The second-order valence-corrected chi connectivity index (χ2v) is 7.11. The molecule has 6 heteroatoms. The molecule has 0 radical (unpaired) electrons. The van der Waals surface area contributed by atoms with Crippen molar-refractivity contribution in [2.75, 3.05) is 19.7 Å². The summed E-state index contributed by atoms with van der Waals surface area (Å²) in [6, 6.07) is 7.76. The van der Waals surface area contributed by atoms with Gasteiger partial charge in [0.1, 0.15) is 0 Å². The molecular formula is C20H22N2O4. The second kappa shape index (κ2) is 7.03. The summed E-state index contributed by atoms with van der Waals surface area (Å²) in [5, 5.41) is 11.2. The minimum Gasteiger partial charge on any atom is -0.481 e. The van der Waals surface area contributed by atoms with Crippen molar-refractivity contribution in [3.63, 3.8) is 0 Å². The van der Waals surface area contributed by atoms with Gasteiger partial charge in [-0.25, -0.2) is 0 Å². The van der Waals surface area contributed by atoms with Crippen molar-refractivity contribution < 1.29 is 19.4 Å². The van der Waals surface area contributed by atoms with E-state index in [1.165, 1.54) is 0 Å². The maximum absolute atomic E-state index is 13.0. The summed E-state index contributed by atoms with van der Waals surface area (Å²) in [5.41, 5.74) is 0.627. The fourth-order valence-electron chi connectivity index (χ4n) is 4.23. The van der Waals surface area contributed by atoms with E-state index in [0.717, 1.165) is 23.6 Å². The number of aromatic nitrogens is 1. The molecule has 2 aliphatic rings. The number of amides is 1. The second-order valence-electron chi connectivity index (χ2n) is 7.11. The molecule has 1 unspecified atom stereocenters. The van der Waals surface area contributed by atoms with Gasteiger partial charge in [0.05, 0.1) is 17.6 Å². The average molecular weight is 354 g/mol. The highest BCUT2D eigenvalue weighted by molar-refractivity contribution is 6.06. The molecule has 1 aromatic heterocycles. The number of hydrogen-bond acceptors (Lipinski definition) is 4. The van der Waals surface area contributed by atoms with E-state index in [-0.39, 0.29) is 17.9 Å². The van der Waals surface area contributed by atoms with Crippen LogP contribution in [0.5, 0.6) is 0 Å². The van der Waals surface area contributed by atoms with Gasteiger partial charge in [-0.3, -0.25) is 14.6 Å². The first-order chi connectivity index (χ1) is 12.6. The molecule has 0 aliphatic carbocycles. The summed E-state index contributed by atoms with van der Waals surface area (Å²) in [4.78, 5) is 30.4. The number of likely N-dealkylation sites (tertiary alicyclic amines) is 1. The van der Waals surface area contributed by atoms with Crippen LogP contribution in [0.3, 0.4) is 0 Å². The zero-order valence-electron chi connectivity index (χ0n) is 14.5. The molecule has 2 fully saturated rings. The molecule has 3 heterocycles. The fourth-order valence-corrected chi connectivity index (χ4v) is 4.23. The summed E-state index contributed by atoms with van der Waals surface area (Å²) < 4.78 is 5.71. The predicted molar refractivity (Wildman–Crippen MR) is 95.9 cm³/mol. The van der Waals surface area contributed by atoms with Crippen molar-refractivity contribution in [2.45, 2.75) is 25.4 Å². The zero-order chi connectivity index (χ0) is 18.1. The molecule has 2 atom stereocenters. The SMILES string of the molecule is O=C(O)C1CCO[C@H]1C1CCN(C(=O)c2cncc3ccccc23)CC1. The van der Waals surface area contributed by atoms with Gasteiger partial charge in [0.2, 0.25) is 0 Å². The Labute approximate surface area is 151 Å². The predicted octanol–water partition coefficient (Wildman–Crippen LogP) is 2.58. The van der Waals surface area contributed by atoms with E-state index < -0.39 is 11.9 Å². The number of hydrogen-bond donors (Lipinski definition) is 1. The van der Waals surface area contributed by atoms with Gasteiger partial charge >= 0.3 is 5.97 Å². The number of carboxylic acid groups (broad SMARTS) is 1. The molecule has 2 aromatic rings. The molecule has 0 spiro atoms. The molecule has 6 nitrogen and oxygen atoms in total. The van der Waals surface area contributed by atoms with Gasteiger partial charge in [0.25, 0.3) is 5.91 Å². The molecule has 0 bridgehead atoms. The molecule has 1 N–H and O–H groups in total. The minimum atomic E-state index is -0.771. The molecular weight excluding hydrogens is 332 g/mol. The maximum atomic E-state index is 13.0. The van der Waals surface area contributed by atoms with Crippen molar-refractivity contribution in [3.8, 4) is 0 Å². The maximum Gasteiger partial charge on any atom is 0.309 e. The summed E-state index contributed by atoms with van der Waals surface area (Å²) in [6.07, 6.45) is 5.32. The van der Waals surface area contributed by atoms with Gasteiger partial charge in [-0.05, 0) is 30.6 Å². The van der Waals surface area contributed by atoms with Crippen molar-refractivity contribution in [1.82, 2.24) is 9.88 Å². The lowest BCUT2D eigenvalue weighted by atomic mass is 9.84. The van der Waals surface area contributed by atoms with Gasteiger partial charge in [0, 0.05) is 37.5 Å². The van der Waals surface area contributed by atoms with E-state index in [1.54, 1.807) is 12.4 Å².